The predicted molar refractivity (Wildman–Crippen MR) is 98.7 cm³/mol. The first-order valence-electron chi connectivity index (χ1n) is 9.31. The fourth-order valence-electron chi connectivity index (χ4n) is 3.60. The van der Waals surface area contributed by atoms with Gasteiger partial charge in [0.25, 0.3) is 0 Å². The van der Waals surface area contributed by atoms with Crippen LogP contribution in [0.1, 0.15) is 62.3 Å². The summed E-state index contributed by atoms with van der Waals surface area (Å²) in [5, 5.41) is 4.21. The number of fused-ring (bicyclic) bond motifs is 1. The molecular weight excluding hydrogens is 328 g/mol. The third-order valence-corrected chi connectivity index (χ3v) is 5.04. The van der Waals surface area contributed by atoms with E-state index in [2.05, 4.69) is 29.0 Å². The fourth-order valence-corrected chi connectivity index (χ4v) is 3.60. The second-order valence-corrected chi connectivity index (χ2v) is 7.25. The van der Waals surface area contributed by atoms with E-state index in [4.69, 9.17) is 4.52 Å². The highest BCUT2D eigenvalue weighted by atomic mass is 16.5. The molecule has 1 fully saturated rings. The Bertz CT molecular complexity index is 878. The first kappa shape index (κ1) is 16.8. The number of aromatic amines is 1. The molecule has 6 nitrogen and oxygen atoms in total. The summed E-state index contributed by atoms with van der Waals surface area (Å²) in [5.41, 5.74) is 2.83. The summed E-state index contributed by atoms with van der Waals surface area (Å²) < 4.78 is 5.43. The molecule has 0 radical (unpaired) electrons. The largest absolute Gasteiger partial charge is 0.361 e. The van der Waals surface area contributed by atoms with Crippen LogP contribution in [0.3, 0.4) is 0 Å². The lowest BCUT2D eigenvalue weighted by molar-refractivity contribution is -0.132. The number of benzene rings is 1. The summed E-state index contributed by atoms with van der Waals surface area (Å²) in [6.07, 6.45) is 3.02. The van der Waals surface area contributed by atoms with Crippen LogP contribution in [0.4, 0.5) is 0 Å². The molecule has 0 bridgehead atoms. The Morgan fingerprint density at radius 2 is 2.23 bits per heavy atom. The van der Waals surface area contributed by atoms with Gasteiger partial charge in [0.15, 0.2) is 0 Å². The summed E-state index contributed by atoms with van der Waals surface area (Å²) in [7, 11) is 0. The van der Waals surface area contributed by atoms with E-state index in [9.17, 15) is 4.79 Å². The van der Waals surface area contributed by atoms with Crippen molar-refractivity contribution < 1.29 is 9.32 Å². The lowest BCUT2D eigenvalue weighted by Gasteiger charge is -2.22. The highest BCUT2D eigenvalue weighted by Crippen LogP contribution is 2.33. The number of rotatable bonds is 5. The van der Waals surface area contributed by atoms with Crippen LogP contribution < -0.4 is 0 Å². The second kappa shape index (κ2) is 6.94. The van der Waals surface area contributed by atoms with Crippen LogP contribution in [0.25, 0.3) is 11.0 Å². The number of nitrogens with zero attached hydrogens (tertiary/aromatic N) is 3. The van der Waals surface area contributed by atoms with Crippen molar-refractivity contribution in [2.45, 2.75) is 51.5 Å². The molecule has 136 valence electrons. The van der Waals surface area contributed by atoms with Crippen LogP contribution in [0.15, 0.2) is 34.9 Å². The number of para-hydroxylation sites is 2. The number of likely N-dealkylation sites (tertiary alicyclic amines) is 1. The van der Waals surface area contributed by atoms with Gasteiger partial charge in [-0.1, -0.05) is 31.1 Å². The Balaban J connectivity index is 1.42. The fraction of sp³-hybridized carbons (Fsp3) is 0.450. The van der Waals surface area contributed by atoms with Gasteiger partial charge in [0.2, 0.25) is 5.91 Å². The zero-order chi connectivity index (χ0) is 18.1. The van der Waals surface area contributed by atoms with E-state index in [0.29, 0.717) is 18.8 Å². The van der Waals surface area contributed by atoms with Gasteiger partial charge >= 0.3 is 0 Å². The van der Waals surface area contributed by atoms with Crippen molar-refractivity contribution in [1.29, 1.82) is 0 Å². The number of hydrogen-bond donors (Lipinski definition) is 1. The highest BCUT2D eigenvalue weighted by Gasteiger charge is 2.32. The molecule has 1 amide bonds. The molecule has 1 N–H and O–H groups in total. The number of aryl methyl sites for hydroxylation is 1. The quantitative estimate of drug-likeness (QED) is 0.754. The molecule has 3 aromatic rings. The molecule has 0 saturated carbocycles. The first-order chi connectivity index (χ1) is 12.6. The lowest BCUT2D eigenvalue weighted by atomic mass is 10.1. The number of nitrogens with one attached hydrogen (secondary N) is 1. The van der Waals surface area contributed by atoms with Crippen molar-refractivity contribution in [3.8, 4) is 0 Å². The molecule has 4 rings (SSSR count). The van der Waals surface area contributed by atoms with E-state index in [-0.39, 0.29) is 11.9 Å². The summed E-state index contributed by atoms with van der Waals surface area (Å²) in [4.78, 5) is 22.6. The number of carbonyl (C=O) groups excluding carboxylic acids is 1. The standard InChI is InChI=1S/C20H24N4O2/c1-13(2)18-12-16(23-26-18)17-8-5-11-24(17)20(25)10-9-19-21-14-6-3-4-7-15(14)22-19/h3-4,6-7,12-13,17H,5,8-11H2,1-2H3,(H,21,22). The lowest BCUT2D eigenvalue weighted by Crippen LogP contribution is -2.31. The number of H-pyrrole nitrogens is 1. The average molecular weight is 352 g/mol. The first-order valence-corrected chi connectivity index (χ1v) is 9.31. The van der Waals surface area contributed by atoms with Gasteiger partial charge in [-0.15, -0.1) is 0 Å². The van der Waals surface area contributed by atoms with Crippen LogP contribution in [0.5, 0.6) is 0 Å². The van der Waals surface area contributed by atoms with Crippen molar-refractivity contribution in [3.63, 3.8) is 0 Å². The molecule has 26 heavy (non-hydrogen) atoms. The molecular formula is C20H24N4O2. The van der Waals surface area contributed by atoms with E-state index >= 15 is 0 Å². The molecule has 1 atom stereocenters. The second-order valence-electron chi connectivity index (χ2n) is 7.25. The van der Waals surface area contributed by atoms with Crippen molar-refractivity contribution in [3.05, 3.63) is 47.6 Å². The minimum Gasteiger partial charge on any atom is -0.361 e. The Morgan fingerprint density at radius 3 is 3.00 bits per heavy atom. The average Bonchev–Trinajstić information content (AvgIpc) is 3.37. The number of aromatic nitrogens is 3. The van der Waals surface area contributed by atoms with E-state index in [0.717, 1.165) is 47.7 Å². The maximum atomic E-state index is 12.8. The third-order valence-electron chi connectivity index (χ3n) is 5.04. The van der Waals surface area contributed by atoms with E-state index in [1.807, 2.05) is 35.2 Å². The summed E-state index contributed by atoms with van der Waals surface area (Å²) in [6.45, 7) is 4.94. The molecule has 1 aliphatic rings. The van der Waals surface area contributed by atoms with Crippen LogP contribution >= 0.6 is 0 Å². The SMILES string of the molecule is CC(C)c1cc(C2CCCN2C(=O)CCc2nc3ccccc3[nH]2)no1. The van der Waals surface area contributed by atoms with E-state index < -0.39 is 0 Å². The van der Waals surface area contributed by atoms with Crippen LogP contribution in [-0.2, 0) is 11.2 Å². The molecule has 1 aliphatic heterocycles. The monoisotopic (exact) mass is 352 g/mol. The van der Waals surface area contributed by atoms with Gasteiger partial charge in [-0.25, -0.2) is 4.98 Å². The predicted octanol–water partition coefficient (Wildman–Crippen LogP) is 3.97. The van der Waals surface area contributed by atoms with Crippen LogP contribution in [0.2, 0.25) is 0 Å². The van der Waals surface area contributed by atoms with Gasteiger partial charge in [0.05, 0.1) is 17.1 Å². The summed E-state index contributed by atoms with van der Waals surface area (Å²) in [6, 6.07) is 9.96. The Hall–Kier alpha value is -2.63. The normalized spacial score (nSPS) is 17.5. The van der Waals surface area contributed by atoms with Gasteiger partial charge in [-0.05, 0) is 25.0 Å². The van der Waals surface area contributed by atoms with Crippen LogP contribution in [-0.4, -0.2) is 32.5 Å². The zero-order valence-electron chi connectivity index (χ0n) is 15.2. The maximum Gasteiger partial charge on any atom is 0.223 e. The summed E-state index contributed by atoms with van der Waals surface area (Å²) >= 11 is 0. The maximum absolute atomic E-state index is 12.8. The van der Waals surface area contributed by atoms with Gasteiger partial charge in [0, 0.05) is 31.4 Å². The van der Waals surface area contributed by atoms with Crippen LogP contribution in [0, 0.1) is 0 Å². The van der Waals surface area contributed by atoms with Gasteiger partial charge < -0.3 is 14.4 Å². The van der Waals surface area contributed by atoms with Crippen molar-refractivity contribution in [2.24, 2.45) is 0 Å². The number of imidazole rings is 1. The molecule has 1 aromatic carbocycles. The number of carbonyl (C=O) groups is 1. The zero-order valence-corrected chi connectivity index (χ0v) is 15.2. The molecule has 1 unspecified atom stereocenters. The minimum absolute atomic E-state index is 0.0365. The molecule has 0 aliphatic carbocycles. The Labute approximate surface area is 152 Å². The van der Waals surface area contributed by atoms with Crippen molar-refractivity contribution >= 4 is 16.9 Å². The Kier molecular flexibility index (Phi) is 4.49. The van der Waals surface area contributed by atoms with Crippen molar-refractivity contribution in [1.82, 2.24) is 20.0 Å². The van der Waals surface area contributed by atoms with Crippen molar-refractivity contribution in [2.75, 3.05) is 6.54 Å². The summed E-state index contributed by atoms with van der Waals surface area (Å²) in [5.74, 6) is 2.19. The van der Waals surface area contributed by atoms with Gasteiger partial charge in [-0.3, -0.25) is 4.79 Å². The number of amides is 1. The molecule has 2 aromatic heterocycles. The molecule has 0 spiro atoms. The minimum atomic E-state index is 0.0365. The smallest absolute Gasteiger partial charge is 0.223 e. The molecule has 1 saturated heterocycles. The molecule has 3 heterocycles. The molecule has 6 heteroatoms. The van der Waals surface area contributed by atoms with Gasteiger partial charge in [-0.2, -0.15) is 0 Å². The number of hydrogen-bond acceptors (Lipinski definition) is 4. The van der Waals surface area contributed by atoms with E-state index in [1.54, 1.807) is 0 Å². The highest BCUT2D eigenvalue weighted by molar-refractivity contribution is 5.78. The van der Waals surface area contributed by atoms with E-state index in [1.165, 1.54) is 0 Å². The van der Waals surface area contributed by atoms with Gasteiger partial charge in [0.1, 0.15) is 17.3 Å². The Morgan fingerprint density at radius 1 is 1.38 bits per heavy atom. The topological polar surface area (TPSA) is 75.0 Å². The third kappa shape index (κ3) is 3.23.